The average molecular weight is 420 g/mol. The number of piperidine rings is 3. The van der Waals surface area contributed by atoms with E-state index >= 15 is 0 Å². The minimum atomic E-state index is -0.488. The van der Waals surface area contributed by atoms with Crippen LogP contribution in [0.25, 0.3) is 0 Å². The topological polar surface area (TPSA) is 79.0 Å². The maximum atomic E-state index is 13.0. The number of fused-ring (bicyclic) bond motifs is 4. The molecule has 29 heavy (non-hydrogen) atoms. The van der Waals surface area contributed by atoms with Crippen LogP contribution in [-0.2, 0) is 25.5 Å². The molecule has 0 radical (unpaired) electrons. The van der Waals surface area contributed by atoms with Crippen LogP contribution in [0, 0.1) is 11.8 Å². The van der Waals surface area contributed by atoms with Crippen LogP contribution in [0.4, 0.5) is 0 Å². The van der Waals surface area contributed by atoms with E-state index in [9.17, 15) is 14.4 Å². The van der Waals surface area contributed by atoms with Crippen LogP contribution in [0.1, 0.15) is 30.6 Å². The smallest absolute Gasteiger partial charge is 0.243 e. The molecular weight excluding hydrogens is 390 g/mol. The number of nitrogens with zero attached hydrogens (tertiary/aromatic N) is 2. The summed E-state index contributed by atoms with van der Waals surface area (Å²) in [6.07, 6.45) is 3.60. The van der Waals surface area contributed by atoms with Crippen LogP contribution in [0.2, 0.25) is 0 Å². The van der Waals surface area contributed by atoms with Crippen LogP contribution >= 0.6 is 11.3 Å². The van der Waals surface area contributed by atoms with Crippen molar-refractivity contribution in [2.45, 2.75) is 44.2 Å². The molecule has 0 aliphatic carbocycles. The minimum absolute atomic E-state index is 0.0121. The molecule has 3 saturated heterocycles. The van der Waals surface area contributed by atoms with Gasteiger partial charge in [0.05, 0.1) is 13.0 Å². The van der Waals surface area contributed by atoms with Crippen molar-refractivity contribution in [1.29, 1.82) is 0 Å². The molecule has 3 fully saturated rings. The van der Waals surface area contributed by atoms with Gasteiger partial charge in [0.1, 0.15) is 6.04 Å². The van der Waals surface area contributed by atoms with E-state index in [1.807, 2.05) is 27.3 Å². The lowest BCUT2D eigenvalue weighted by Crippen LogP contribution is -2.68. The van der Waals surface area contributed by atoms with Crippen molar-refractivity contribution >= 4 is 29.1 Å². The third-order valence-electron chi connectivity index (χ3n) is 6.47. The standard InChI is InChI=1S/C21H29N3O4S/c1-28-8-7-22-21(27)20-15-10-14(17-5-2-6-18(25)24(17)20)12-23(13-15)19(26)11-16-4-3-9-29-16/h3-4,9,14-15,17,20H,2,5-8,10-13H2,1H3,(H,22,27)/t14-,15+,17+,20-/m1/s1. The average Bonchev–Trinajstić information content (AvgIpc) is 3.22. The lowest BCUT2D eigenvalue weighted by atomic mass is 9.71. The van der Waals surface area contributed by atoms with Gasteiger partial charge < -0.3 is 19.9 Å². The number of rotatable bonds is 6. The number of methoxy groups -OCH3 is 1. The van der Waals surface area contributed by atoms with Gasteiger partial charge in [0.15, 0.2) is 0 Å². The first-order valence-corrected chi connectivity index (χ1v) is 11.3. The van der Waals surface area contributed by atoms with Crippen LogP contribution in [0.15, 0.2) is 17.5 Å². The number of hydrogen-bond acceptors (Lipinski definition) is 5. The molecule has 3 aliphatic rings. The van der Waals surface area contributed by atoms with Crippen molar-refractivity contribution < 1.29 is 19.1 Å². The van der Waals surface area contributed by atoms with Gasteiger partial charge in [-0.15, -0.1) is 11.3 Å². The molecule has 7 nitrogen and oxygen atoms in total. The molecule has 4 atom stereocenters. The molecule has 8 heteroatoms. The normalized spacial score (nSPS) is 28.8. The second-order valence-corrected chi connectivity index (χ2v) is 9.33. The molecule has 158 valence electrons. The summed E-state index contributed by atoms with van der Waals surface area (Å²) in [7, 11) is 1.60. The highest BCUT2D eigenvalue weighted by Gasteiger charge is 2.52. The highest BCUT2D eigenvalue weighted by atomic mass is 32.1. The van der Waals surface area contributed by atoms with Gasteiger partial charge in [-0.3, -0.25) is 14.4 Å². The highest BCUT2D eigenvalue weighted by Crippen LogP contribution is 2.41. The van der Waals surface area contributed by atoms with E-state index < -0.39 is 6.04 Å². The number of carbonyl (C=O) groups excluding carboxylic acids is 3. The summed E-state index contributed by atoms with van der Waals surface area (Å²) in [5.41, 5.74) is 0. The molecular formula is C21H29N3O4S. The number of nitrogens with one attached hydrogen (secondary N) is 1. The van der Waals surface area contributed by atoms with Gasteiger partial charge in [0.2, 0.25) is 17.7 Å². The fraction of sp³-hybridized carbons (Fsp3) is 0.667. The first-order chi connectivity index (χ1) is 14.1. The van der Waals surface area contributed by atoms with Gasteiger partial charge in [0, 0.05) is 50.0 Å². The third-order valence-corrected chi connectivity index (χ3v) is 7.35. The van der Waals surface area contributed by atoms with E-state index in [-0.39, 0.29) is 35.6 Å². The van der Waals surface area contributed by atoms with E-state index in [4.69, 9.17) is 4.74 Å². The van der Waals surface area contributed by atoms with Crippen LogP contribution in [0.3, 0.4) is 0 Å². The van der Waals surface area contributed by atoms with Crippen LogP contribution < -0.4 is 5.32 Å². The maximum Gasteiger partial charge on any atom is 0.243 e. The van der Waals surface area contributed by atoms with Crippen LogP contribution in [0.5, 0.6) is 0 Å². The van der Waals surface area contributed by atoms with E-state index in [1.54, 1.807) is 18.4 Å². The fourth-order valence-corrected chi connectivity index (χ4v) is 5.95. The quantitative estimate of drug-likeness (QED) is 0.705. The Balaban J connectivity index is 1.53. The molecule has 0 spiro atoms. The zero-order valence-electron chi connectivity index (χ0n) is 16.8. The summed E-state index contributed by atoms with van der Waals surface area (Å²) in [6, 6.07) is 3.52. The summed E-state index contributed by atoms with van der Waals surface area (Å²) in [6.45, 7) is 2.09. The molecule has 0 saturated carbocycles. The molecule has 1 N–H and O–H groups in total. The highest BCUT2D eigenvalue weighted by molar-refractivity contribution is 7.10. The predicted octanol–water partition coefficient (Wildman–Crippen LogP) is 1.28. The van der Waals surface area contributed by atoms with Gasteiger partial charge in [-0.2, -0.15) is 0 Å². The van der Waals surface area contributed by atoms with Crippen molar-refractivity contribution in [3.8, 4) is 0 Å². The number of hydrogen-bond donors (Lipinski definition) is 1. The largest absolute Gasteiger partial charge is 0.383 e. The second kappa shape index (κ2) is 8.83. The van der Waals surface area contributed by atoms with Gasteiger partial charge >= 0.3 is 0 Å². The van der Waals surface area contributed by atoms with Crippen molar-refractivity contribution in [2.75, 3.05) is 33.4 Å². The van der Waals surface area contributed by atoms with Gasteiger partial charge in [-0.05, 0) is 36.6 Å². The van der Waals surface area contributed by atoms with E-state index in [1.165, 1.54) is 0 Å². The summed E-state index contributed by atoms with van der Waals surface area (Å²) >= 11 is 1.60. The molecule has 0 aromatic carbocycles. The Labute approximate surface area is 175 Å². The first kappa shape index (κ1) is 20.3. The molecule has 4 heterocycles. The van der Waals surface area contributed by atoms with E-state index in [0.29, 0.717) is 39.1 Å². The van der Waals surface area contributed by atoms with Crippen molar-refractivity contribution in [2.24, 2.45) is 11.8 Å². The zero-order valence-corrected chi connectivity index (χ0v) is 17.7. The number of carbonyl (C=O) groups is 3. The molecule has 0 unspecified atom stereocenters. The van der Waals surface area contributed by atoms with Gasteiger partial charge in [-0.1, -0.05) is 6.07 Å². The number of thiophene rings is 1. The Morgan fingerprint density at radius 2 is 2.14 bits per heavy atom. The number of ether oxygens (including phenoxy) is 1. The Hall–Kier alpha value is -1.93. The monoisotopic (exact) mass is 419 g/mol. The third kappa shape index (κ3) is 4.19. The molecule has 3 aliphatic heterocycles. The van der Waals surface area contributed by atoms with E-state index in [0.717, 1.165) is 24.1 Å². The Morgan fingerprint density at radius 1 is 1.31 bits per heavy atom. The molecule has 3 amide bonds. The zero-order chi connectivity index (χ0) is 20.4. The SMILES string of the molecule is COCCNC(=O)[C@H]1[C@H]2C[C@H](CN(C(=O)Cc3cccs3)C2)[C@@H]2CCCC(=O)N21. The fourth-order valence-electron chi connectivity index (χ4n) is 5.25. The summed E-state index contributed by atoms with van der Waals surface area (Å²) in [5, 5.41) is 4.92. The predicted molar refractivity (Wildman–Crippen MR) is 109 cm³/mol. The van der Waals surface area contributed by atoms with Crippen molar-refractivity contribution in [3.05, 3.63) is 22.4 Å². The molecule has 4 rings (SSSR count). The lowest BCUT2D eigenvalue weighted by Gasteiger charge is -2.55. The Bertz CT molecular complexity index is 753. The second-order valence-electron chi connectivity index (χ2n) is 8.30. The molecule has 1 aromatic heterocycles. The lowest BCUT2D eigenvalue weighted by molar-refractivity contribution is -0.163. The van der Waals surface area contributed by atoms with E-state index in [2.05, 4.69) is 5.32 Å². The van der Waals surface area contributed by atoms with Crippen molar-refractivity contribution in [1.82, 2.24) is 15.1 Å². The van der Waals surface area contributed by atoms with Crippen molar-refractivity contribution in [3.63, 3.8) is 0 Å². The maximum absolute atomic E-state index is 13.0. The Morgan fingerprint density at radius 3 is 2.90 bits per heavy atom. The minimum Gasteiger partial charge on any atom is -0.383 e. The van der Waals surface area contributed by atoms with Gasteiger partial charge in [-0.25, -0.2) is 0 Å². The summed E-state index contributed by atoms with van der Waals surface area (Å²) < 4.78 is 5.04. The number of amides is 3. The first-order valence-electron chi connectivity index (χ1n) is 10.5. The summed E-state index contributed by atoms with van der Waals surface area (Å²) in [5.74, 6) is 0.339. The number of likely N-dealkylation sites (tertiary alicyclic amines) is 1. The molecule has 1 aromatic rings. The van der Waals surface area contributed by atoms with Crippen LogP contribution in [-0.4, -0.2) is 73.0 Å². The molecule has 2 bridgehead atoms. The summed E-state index contributed by atoms with van der Waals surface area (Å²) in [4.78, 5) is 43.6. The Kier molecular flexibility index (Phi) is 6.20. The van der Waals surface area contributed by atoms with Gasteiger partial charge in [0.25, 0.3) is 0 Å².